The average Bonchev–Trinajstić information content (AvgIpc) is 2.67. The maximum Gasteiger partial charge on any atom is 0.354 e. The first-order valence-corrected chi connectivity index (χ1v) is 5.84. The molecule has 0 aromatic carbocycles. The van der Waals surface area contributed by atoms with Gasteiger partial charge < -0.3 is 9.72 Å². The van der Waals surface area contributed by atoms with Crippen LogP contribution in [0.1, 0.15) is 55.4 Å². The fourth-order valence-corrected chi connectivity index (χ4v) is 2.40. The minimum atomic E-state index is -0.248. The molecule has 1 aliphatic carbocycles. The SMILES string of the molecule is CCOC(=O)c1cc2c([nH]1)C(C)C(C)(C)C2. The van der Waals surface area contributed by atoms with Crippen LogP contribution in [0.3, 0.4) is 0 Å². The van der Waals surface area contributed by atoms with Gasteiger partial charge in [0.25, 0.3) is 0 Å². The number of aromatic nitrogens is 1. The van der Waals surface area contributed by atoms with Crippen molar-refractivity contribution in [2.75, 3.05) is 6.61 Å². The molecule has 0 amide bonds. The minimum Gasteiger partial charge on any atom is -0.461 e. The van der Waals surface area contributed by atoms with Gasteiger partial charge in [-0.3, -0.25) is 0 Å². The van der Waals surface area contributed by atoms with Crippen LogP contribution >= 0.6 is 0 Å². The number of esters is 1. The molecule has 1 aromatic rings. The van der Waals surface area contributed by atoms with E-state index in [1.165, 1.54) is 11.3 Å². The Labute approximate surface area is 96.2 Å². The number of rotatable bonds is 2. The van der Waals surface area contributed by atoms with Crippen molar-refractivity contribution in [2.45, 2.75) is 40.0 Å². The number of H-pyrrole nitrogens is 1. The molecular weight excluding hydrogens is 202 g/mol. The molecule has 1 atom stereocenters. The maximum atomic E-state index is 11.6. The summed E-state index contributed by atoms with van der Waals surface area (Å²) in [6, 6.07) is 1.94. The first kappa shape index (κ1) is 11.2. The Morgan fingerprint density at radius 1 is 1.62 bits per heavy atom. The van der Waals surface area contributed by atoms with Crippen molar-refractivity contribution in [3.8, 4) is 0 Å². The second kappa shape index (κ2) is 3.65. The largest absolute Gasteiger partial charge is 0.461 e. The molecule has 0 bridgehead atoms. The van der Waals surface area contributed by atoms with Gasteiger partial charge in [-0.15, -0.1) is 0 Å². The standard InChI is InChI=1S/C13H19NO2/c1-5-16-12(15)10-6-9-7-13(3,4)8(2)11(9)14-10/h6,8,14H,5,7H2,1-4H3. The van der Waals surface area contributed by atoms with Crippen LogP contribution in [0.15, 0.2) is 6.07 Å². The highest BCUT2D eigenvalue weighted by Gasteiger charge is 2.37. The lowest BCUT2D eigenvalue weighted by Crippen LogP contribution is -2.16. The number of carbonyl (C=O) groups is 1. The summed E-state index contributed by atoms with van der Waals surface area (Å²) < 4.78 is 4.98. The predicted molar refractivity (Wildman–Crippen MR) is 62.6 cm³/mol. The highest BCUT2D eigenvalue weighted by Crippen LogP contribution is 2.46. The molecule has 2 rings (SSSR count). The van der Waals surface area contributed by atoms with Gasteiger partial charge in [0.05, 0.1) is 6.61 Å². The molecule has 0 saturated heterocycles. The molecule has 1 heterocycles. The summed E-state index contributed by atoms with van der Waals surface area (Å²) >= 11 is 0. The van der Waals surface area contributed by atoms with Gasteiger partial charge in [-0.2, -0.15) is 0 Å². The van der Waals surface area contributed by atoms with Gasteiger partial charge in [0.15, 0.2) is 0 Å². The summed E-state index contributed by atoms with van der Waals surface area (Å²) in [5, 5.41) is 0. The second-order valence-corrected chi connectivity index (χ2v) is 5.23. The average molecular weight is 221 g/mol. The third-order valence-electron chi connectivity index (χ3n) is 3.68. The van der Waals surface area contributed by atoms with Crippen LogP contribution in [0.5, 0.6) is 0 Å². The maximum absolute atomic E-state index is 11.6. The lowest BCUT2D eigenvalue weighted by Gasteiger charge is -2.23. The summed E-state index contributed by atoms with van der Waals surface area (Å²) in [7, 11) is 0. The number of hydrogen-bond acceptors (Lipinski definition) is 2. The zero-order chi connectivity index (χ0) is 11.9. The van der Waals surface area contributed by atoms with Crippen LogP contribution in [0.25, 0.3) is 0 Å². The monoisotopic (exact) mass is 221 g/mol. The molecule has 0 spiro atoms. The quantitative estimate of drug-likeness (QED) is 0.780. The van der Waals surface area contributed by atoms with E-state index in [2.05, 4.69) is 25.8 Å². The van der Waals surface area contributed by atoms with Crippen LogP contribution in [-0.2, 0) is 11.2 Å². The topological polar surface area (TPSA) is 42.1 Å². The Balaban J connectivity index is 2.26. The lowest BCUT2D eigenvalue weighted by atomic mass is 9.82. The number of fused-ring (bicyclic) bond motifs is 1. The minimum absolute atomic E-state index is 0.248. The van der Waals surface area contributed by atoms with Crippen LogP contribution in [-0.4, -0.2) is 17.6 Å². The smallest absolute Gasteiger partial charge is 0.354 e. The number of carbonyl (C=O) groups excluding carboxylic acids is 1. The number of nitrogens with one attached hydrogen (secondary N) is 1. The van der Waals surface area contributed by atoms with Crippen molar-refractivity contribution in [2.24, 2.45) is 5.41 Å². The molecule has 1 unspecified atom stereocenters. The molecule has 0 radical (unpaired) electrons. The first-order valence-electron chi connectivity index (χ1n) is 5.84. The van der Waals surface area contributed by atoms with Crippen molar-refractivity contribution in [1.29, 1.82) is 0 Å². The van der Waals surface area contributed by atoms with E-state index >= 15 is 0 Å². The first-order chi connectivity index (χ1) is 7.45. The molecule has 0 aliphatic heterocycles. The third-order valence-corrected chi connectivity index (χ3v) is 3.68. The van der Waals surface area contributed by atoms with E-state index in [0.717, 1.165) is 6.42 Å². The van der Waals surface area contributed by atoms with Gasteiger partial charge in [-0.1, -0.05) is 20.8 Å². The van der Waals surface area contributed by atoms with Gasteiger partial charge in [-0.05, 0) is 30.4 Å². The van der Waals surface area contributed by atoms with Crippen LogP contribution in [0.4, 0.5) is 0 Å². The van der Waals surface area contributed by atoms with Gasteiger partial charge in [0, 0.05) is 11.6 Å². The van der Waals surface area contributed by atoms with E-state index in [1.807, 2.05) is 13.0 Å². The Morgan fingerprint density at radius 2 is 2.31 bits per heavy atom. The number of ether oxygens (including phenoxy) is 1. The summed E-state index contributed by atoms with van der Waals surface area (Å²) in [5.41, 5.74) is 3.34. The van der Waals surface area contributed by atoms with Crippen LogP contribution in [0, 0.1) is 5.41 Å². The molecule has 3 nitrogen and oxygen atoms in total. The van der Waals surface area contributed by atoms with Gasteiger partial charge >= 0.3 is 5.97 Å². The molecule has 3 heteroatoms. The van der Waals surface area contributed by atoms with E-state index in [9.17, 15) is 4.79 Å². The predicted octanol–water partition coefficient (Wildman–Crippen LogP) is 2.88. The summed E-state index contributed by atoms with van der Waals surface area (Å²) in [6.45, 7) is 8.96. The summed E-state index contributed by atoms with van der Waals surface area (Å²) in [6.07, 6.45) is 1.03. The number of aromatic amines is 1. The van der Waals surface area contributed by atoms with Crippen molar-refractivity contribution >= 4 is 5.97 Å². The lowest BCUT2D eigenvalue weighted by molar-refractivity contribution is 0.0519. The van der Waals surface area contributed by atoms with Crippen molar-refractivity contribution < 1.29 is 9.53 Å². The molecule has 16 heavy (non-hydrogen) atoms. The fourth-order valence-electron chi connectivity index (χ4n) is 2.40. The van der Waals surface area contributed by atoms with Crippen molar-refractivity contribution in [3.63, 3.8) is 0 Å². The second-order valence-electron chi connectivity index (χ2n) is 5.23. The van der Waals surface area contributed by atoms with Gasteiger partial charge in [0.1, 0.15) is 5.69 Å². The van der Waals surface area contributed by atoms with Crippen LogP contribution < -0.4 is 0 Å². The Bertz CT molecular complexity index is 418. The Hall–Kier alpha value is -1.25. The van der Waals surface area contributed by atoms with E-state index < -0.39 is 0 Å². The summed E-state index contributed by atoms with van der Waals surface area (Å²) in [4.78, 5) is 14.8. The molecule has 88 valence electrons. The highest BCUT2D eigenvalue weighted by molar-refractivity contribution is 5.88. The van der Waals surface area contributed by atoms with E-state index in [0.29, 0.717) is 18.2 Å². The Morgan fingerprint density at radius 3 is 2.88 bits per heavy atom. The summed E-state index contributed by atoms with van der Waals surface area (Å²) in [5.74, 6) is 0.215. The van der Waals surface area contributed by atoms with Gasteiger partial charge in [0.2, 0.25) is 0 Å². The molecule has 0 fully saturated rings. The normalized spacial score (nSPS) is 21.9. The highest BCUT2D eigenvalue weighted by atomic mass is 16.5. The fraction of sp³-hybridized carbons (Fsp3) is 0.615. The van der Waals surface area contributed by atoms with Crippen molar-refractivity contribution in [3.05, 3.63) is 23.0 Å². The Kier molecular flexibility index (Phi) is 2.56. The molecule has 1 N–H and O–H groups in total. The zero-order valence-corrected chi connectivity index (χ0v) is 10.4. The van der Waals surface area contributed by atoms with Crippen molar-refractivity contribution in [1.82, 2.24) is 4.98 Å². The van der Waals surface area contributed by atoms with Gasteiger partial charge in [-0.25, -0.2) is 4.79 Å². The van der Waals surface area contributed by atoms with E-state index in [4.69, 9.17) is 4.74 Å². The molecule has 1 aliphatic rings. The number of hydrogen-bond donors (Lipinski definition) is 1. The molecular formula is C13H19NO2. The molecule has 1 aromatic heterocycles. The molecule has 0 saturated carbocycles. The van der Waals surface area contributed by atoms with Crippen LogP contribution in [0.2, 0.25) is 0 Å². The zero-order valence-electron chi connectivity index (χ0n) is 10.4. The van der Waals surface area contributed by atoms with E-state index in [-0.39, 0.29) is 11.4 Å². The third kappa shape index (κ3) is 1.64. The van der Waals surface area contributed by atoms with E-state index in [1.54, 1.807) is 0 Å².